The number of ether oxygens (including phenoxy) is 1. The van der Waals surface area contributed by atoms with Crippen LogP contribution in [0.25, 0.3) is 0 Å². The lowest BCUT2D eigenvalue weighted by Gasteiger charge is -2.07. The highest BCUT2D eigenvalue weighted by atomic mass is 19.1. The summed E-state index contributed by atoms with van der Waals surface area (Å²) in [7, 11) is 0. The van der Waals surface area contributed by atoms with Gasteiger partial charge in [0.2, 0.25) is 0 Å². The molecule has 0 aromatic heterocycles. The summed E-state index contributed by atoms with van der Waals surface area (Å²) in [6.07, 6.45) is 3.27. The molecule has 0 N–H and O–H groups in total. The quantitative estimate of drug-likeness (QED) is 0.652. The monoisotopic (exact) mass is 196 g/mol. The Balaban J connectivity index is 2.46. The molecule has 14 heavy (non-hydrogen) atoms. The van der Waals surface area contributed by atoms with Gasteiger partial charge in [-0.2, -0.15) is 0 Å². The predicted octanol–water partition coefficient (Wildman–Crippen LogP) is 3.70. The van der Waals surface area contributed by atoms with E-state index in [2.05, 4.69) is 6.92 Å². The van der Waals surface area contributed by atoms with Gasteiger partial charge in [-0.3, -0.25) is 0 Å². The molecule has 1 aromatic carbocycles. The van der Waals surface area contributed by atoms with E-state index < -0.39 is 0 Å². The highest BCUT2D eigenvalue weighted by molar-refractivity contribution is 5.29. The second kappa shape index (κ2) is 5.63. The SMILES string of the molecule is CCCCCOc1cccc(C)c1F. The smallest absolute Gasteiger partial charge is 0.167 e. The highest BCUT2D eigenvalue weighted by Gasteiger charge is 2.04. The van der Waals surface area contributed by atoms with Gasteiger partial charge in [0.05, 0.1) is 6.61 Å². The molecule has 0 aliphatic carbocycles. The van der Waals surface area contributed by atoms with Crippen LogP contribution in [0.4, 0.5) is 4.39 Å². The lowest BCUT2D eigenvalue weighted by Crippen LogP contribution is -1.99. The molecular formula is C12H17FO. The molecule has 0 heterocycles. The van der Waals surface area contributed by atoms with Gasteiger partial charge in [0.25, 0.3) is 0 Å². The molecule has 0 fully saturated rings. The molecule has 78 valence electrons. The normalized spacial score (nSPS) is 10.2. The fourth-order valence-corrected chi connectivity index (χ4v) is 1.27. The van der Waals surface area contributed by atoms with Crippen molar-refractivity contribution in [2.45, 2.75) is 33.1 Å². The van der Waals surface area contributed by atoms with Crippen LogP contribution < -0.4 is 4.74 Å². The summed E-state index contributed by atoms with van der Waals surface area (Å²) in [6.45, 7) is 4.48. The third-order valence-corrected chi connectivity index (χ3v) is 2.16. The van der Waals surface area contributed by atoms with Crippen LogP contribution in [-0.4, -0.2) is 6.61 Å². The molecule has 1 rings (SSSR count). The summed E-state index contributed by atoms with van der Waals surface area (Å²) in [5.41, 5.74) is 0.637. The van der Waals surface area contributed by atoms with Crippen LogP contribution in [0.15, 0.2) is 18.2 Å². The Hall–Kier alpha value is -1.05. The summed E-state index contributed by atoms with van der Waals surface area (Å²) in [4.78, 5) is 0. The third kappa shape index (κ3) is 3.02. The lowest BCUT2D eigenvalue weighted by molar-refractivity contribution is 0.291. The summed E-state index contributed by atoms with van der Waals surface area (Å²) in [5, 5.41) is 0. The lowest BCUT2D eigenvalue weighted by atomic mass is 10.2. The maximum Gasteiger partial charge on any atom is 0.167 e. The molecule has 0 atom stereocenters. The number of aryl methyl sites for hydroxylation is 1. The first-order valence-electron chi connectivity index (χ1n) is 5.13. The van der Waals surface area contributed by atoms with Gasteiger partial charge in [-0.1, -0.05) is 31.9 Å². The van der Waals surface area contributed by atoms with Gasteiger partial charge in [-0.05, 0) is 25.0 Å². The van der Waals surface area contributed by atoms with Crippen molar-refractivity contribution < 1.29 is 9.13 Å². The van der Waals surface area contributed by atoms with E-state index in [9.17, 15) is 4.39 Å². The van der Waals surface area contributed by atoms with E-state index >= 15 is 0 Å². The molecule has 0 amide bonds. The van der Waals surface area contributed by atoms with Crippen LogP contribution >= 0.6 is 0 Å². The van der Waals surface area contributed by atoms with E-state index in [1.807, 2.05) is 6.07 Å². The number of hydrogen-bond acceptors (Lipinski definition) is 1. The predicted molar refractivity (Wildman–Crippen MR) is 56.2 cm³/mol. The standard InChI is InChI=1S/C12H17FO/c1-3-4-5-9-14-11-8-6-7-10(2)12(11)13/h6-8H,3-5,9H2,1-2H3. The van der Waals surface area contributed by atoms with Crippen molar-refractivity contribution in [3.05, 3.63) is 29.6 Å². The van der Waals surface area contributed by atoms with E-state index in [1.165, 1.54) is 0 Å². The van der Waals surface area contributed by atoms with Crippen LogP contribution in [0.2, 0.25) is 0 Å². The van der Waals surface area contributed by atoms with Gasteiger partial charge in [0.1, 0.15) is 0 Å². The highest BCUT2D eigenvalue weighted by Crippen LogP contribution is 2.19. The van der Waals surface area contributed by atoms with Gasteiger partial charge in [-0.25, -0.2) is 4.39 Å². The van der Waals surface area contributed by atoms with Crippen molar-refractivity contribution in [2.24, 2.45) is 0 Å². The minimum absolute atomic E-state index is 0.232. The molecule has 0 unspecified atom stereocenters. The molecule has 0 saturated heterocycles. The molecule has 0 bridgehead atoms. The van der Waals surface area contributed by atoms with Crippen LogP contribution in [0.1, 0.15) is 31.7 Å². The molecule has 0 radical (unpaired) electrons. The topological polar surface area (TPSA) is 9.23 Å². The Morgan fingerprint density at radius 1 is 1.29 bits per heavy atom. The van der Waals surface area contributed by atoms with Crippen LogP contribution in [0.5, 0.6) is 5.75 Å². The first-order valence-corrected chi connectivity index (χ1v) is 5.13. The van der Waals surface area contributed by atoms with Crippen molar-refractivity contribution in [3.8, 4) is 5.75 Å². The molecular weight excluding hydrogens is 179 g/mol. The fourth-order valence-electron chi connectivity index (χ4n) is 1.27. The molecule has 2 heteroatoms. The van der Waals surface area contributed by atoms with E-state index in [0.717, 1.165) is 19.3 Å². The second-order valence-electron chi connectivity index (χ2n) is 3.44. The van der Waals surface area contributed by atoms with Crippen LogP contribution in [0.3, 0.4) is 0 Å². The average molecular weight is 196 g/mol. The first-order chi connectivity index (χ1) is 6.75. The Morgan fingerprint density at radius 2 is 2.07 bits per heavy atom. The Kier molecular flexibility index (Phi) is 4.44. The van der Waals surface area contributed by atoms with Crippen molar-refractivity contribution >= 4 is 0 Å². The Morgan fingerprint density at radius 3 is 2.79 bits per heavy atom. The maximum atomic E-state index is 13.4. The number of hydrogen-bond donors (Lipinski definition) is 0. The van der Waals surface area contributed by atoms with E-state index in [4.69, 9.17) is 4.74 Å². The van der Waals surface area contributed by atoms with Crippen molar-refractivity contribution in [1.29, 1.82) is 0 Å². The van der Waals surface area contributed by atoms with E-state index in [-0.39, 0.29) is 5.82 Å². The number of rotatable bonds is 5. The van der Waals surface area contributed by atoms with Gasteiger partial charge in [0, 0.05) is 0 Å². The summed E-state index contributed by atoms with van der Waals surface area (Å²) in [5.74, 6) is 0.144. The zero-order valence-electron chi connectivity index (χ0n) is 8.85. The summed E-state index contributed by atoms with van der Waals surface area (Å²) < 4.78 is 18.7. The zero-order chi connectivity index (χ0) is 10.4. The van der Waals surface area contributed by atoms with Crippen molar-refractivity contribution in [2.75, 3.05) is 6.61 Å². The molecule has 0 saturated carbocycles. The third-order valence-electron chi connectivity index (χ3n) is 2.16. The zero-order valence-corrected chi connectivity index (χ0v) is 8.85. The van der Waals surface area contributed by atoms with Gasteiger partial charge in [-0.15, -0.1) is 0 Å². The number of unbranched alkanes of at least 4 members (excludes halogenated alkanes) is 2. The molecule has 1 nitrogen and oxygen atoms in total. The van der Waals surface area contributed by atoms with Crippen molar-refractivity contribution in [1.82, 2.24) is 0 Å². The minimum atomic E-state index is -0.232. The molecule has 0 spiro atoms. The number of halogens is 1. The molecule has 1 aromatic rings. The summed E-state index contributed by atoms with van der Waals surface area (Å²) in [6, 6.07) is 5.23. The van der Waals surface area contributed by atoms with Gasteiger partial charge < -0.3 is 4.74 Å². The van der Waals surface area contributed by atoms with Crippen LogP contribution in [-0.2, 0) is 0 Å². The van der Waals surface area contributed by atoms with Gasteiger partial charge in [0.15, 0.2) is 11.6 Å². The largest absolute Gasteiger partial charge is 0.491 e. The number of benzene rings is 1. The van der Waals surface area contributed by atoms with Crippen LogP contribution in [0, 0.1) is 12.7 Å². The summed E-state index contributed by atoms with van der Waals surface area (Å²) >= 11 is 0. The Bertz CT molecular complexity index is 284. The van der Waals surface area contributed by atoms with E-state index in [0.29, 0.717) is 17.9 Å². The molecule has 0 aliphatic rings. The second-order valence-corrected chi connectivity index (χ2v) is 3.44. The molecule has 0 aliphatic heterocycles. The fraction of sp³-hybridized carbons (Fsp3) is 0.500. The van der Waals surface area contributed by atoms with E-state index in [1.54, 1.807) is 19.1 Å². The average Bonchev–Trinajstić information content (AvgIpc) is 2.19. The minimum Gasteiger partial charge on any atom is -0.491 e. The first kappa shape index (κ1) is 11.0. The maximum absolute atomic E-state index is 13.4. The van der Waals surface area contributed by atoms with Gasteiger partial charge >= 0.3 is 0 Å². The Labute approximate surface area is 84.9 Å². The van der Waals surface area contributed by atoms with Crippen molar-refractivity contribution in [3.63, 3.8) is 0 Å².